The number of esters is 2. The van der Waals surface area contributed by atoms with Gasteiger partial charge in [0.2, 0.25) is 6.04 Å². The van der Waals surface area contributed by atoms with Gasteiger partial charge in [-0.15, -0.1) is 0 Å². The van der Waals surface area contributed by atoms with Gasteiger partial charge in [-0.1, -0.05) is 121 Å². The zero-order valence-electron chi connectivity index (χ0n) is 24.9. The number of ether oxygens (including phenoxy) is 2. The number of hydrogen-bond acceptors (Lipinski definition) is 6. The first-order chi connectivity index (χ1) is 21.8. The average Bonchev–Trinajstić information content (AvgIpc) is 3.46. The van der Waals surface area contributed by atoms with Crippen LogP contribution in [0.15, 0.2) is 127 Å². The van der Waals surface area contributed by atoms with E-state index in [0.717, 1.165) is 15.9 Å². The Morgan fingerprint density at radius 3 is 1.64 bits per heavy atom. The minimum absolute atomic E-state index is 0.0546. The molecule has 0 saturated carbocycles. The van der Waals surface area contributed by atoms with E-state index in [1.165, 1.54) is 0 Å². The molecule has 0 unspecified atom stereocenters. The number of carbonyl (C=O) groups is 2. The Hall–Kier alpha value is -4.45. The van der Waals surface area contributed by atoms with Gasteiger partial charge in [0.1, 0.15) is 0 Å². The maximum absolute atomic E-state index is 14.5. The van der Waals surface area contributed by atoms with Crippen LogP contribution in [0.3, 0.4) is 0 Å². The monoisotopic (exact) mass is 641 g/mol. The number of halogens is 1. The van der Waals surface area contributed by atoms with Crippen LogP contribution >= 0.6 is 18.5 Å². The summed E-state index contributed by atoms with van der Waals surface area (Å²) in [7, 11) is 0. The highest BCUT2D eigenvalue weighted by molar-refractivity contribution is 7.96. The number of rotatable bonds is 10. The molecule has 0 N–H and O–H groups in total. The topological polar surface area (TPSA) is 95.7 Å². The summed E-state index contributed by atoms with van der Waals surface area (Å²) in [6.07, 6.45) is 1.57. The summed E-state index contributed by atoms with van der Waals surface area (Å²) in [4.78, 5) is 40.9. The quantitative estimate of drug-likeness (QED) is 0.0924. The fraction of sp³-hybridized carbons (Fsp3) is 0.194. The third-order valence-corrected chi connectivity index (χ3v) is 12.5. The van der Waals surface area contributed by atoms with Gasteiger partial charge >= 0.3 is 11.9 Å². The number of nitrogens with zero attached hydrogens (tertiary/aromatic N) is 1. The predicted molar refractivity (Wildman–Crippen MR) is 180 cm³/mol. The summed E-state index contributed by atoms with van der Waals surface area (Å²) in [6, 6.07) is 33.9. The van der Waals surface area contributed by atoms with Crippen molar-refractivity contribution in [3.05, 3.63) is 148 Å². The van der Waals surface area contributed by atoms with Crippen molar-refractivity contribution in [3.8, 4) is 0 Å². The summed E-state index contributed by atoms with van der Waals surface area (Å²) in [5.41, 5.74) is 0.693. The van der Waals surface area contributed by atoms with Gasteiger partial charge in [0, 0.05) is 15.5 Å². The minimum atomic E-state index is -3.18. The second-order valence-corrected chi connectivity index (χ2v) is 14.2. The lowest BCUT2D eigenvalue weighted by atomic mass is 9.84. The molecule has 0 fully saturated rings. The molecule has 5 rings (SSSR count). The van der Waals surface area contributed by atoms with E-state index in [4.69, 9.17) is 21.1 Å². The molecule has 3 atom stereocenters. The van der Waals surface area contributed by atoms with Gasteiger partial charge in [0.15, 0.2) is 0 Å². The van der Waals surface area contributed by atoms with Gasteiger partial charge in [-0.25, -0.2) is 4.79 Å². The molecule has 1 aliphatic rings. The number of nitro groups is 1. The molecular weight excluding hydrogens is 609 g/mol. The van der Waals surface area contributed by atoms with Crippen molar-refractivity contribution >= 4 is 51.6 Å². The molecule has 9 heteroatoms. The first kappa shape index (κ1) is 32.0. The third kappa shape index (κ3) is 6.11. The van der Waals surface area contributed by atoms with Crippen molar-refractivity contribution < 1.29 is 24.0 Å². The molecule has 45 heavy (non-hydrogen) atoms. The average molecular weight is 642 g/mol. The van der Waals surface area contributed by atoms with Crippen LogP contribution in [0.25, 0.3) is 0 Å². The van der Waals surface area contributed by atoms with Gasteiger partial charge in [0.25, 0.3) is 0 Å². The van der Waals surface area contributed by atoms with Crippen molar-refractivity contribution in [2.45, 2.75) is 25.8 Å². The summed E-state index contributed by atoms with van der Waals surface area (Å²) < 4.78 is 11.2. The summed E-state index contributed by atoms with van der Waals surface area (Å²) in [5, 5.41) is 16.3. The van der Waals surface area contributed by atoms with E-state index in [0.29, 0.717) is 10.6 Å². The van der Waals surface area contributed by atoms with Crippen molar-refractivity contribution in [1.82, 2.24) is 0 Å². The maximum Gasteiger partial charge on any atom is 0.339 e. The minimum Gasteiger partial charge on any atom is -0.466 e. The first-order valence-electron chi connectivity index (χ1n) is 14.7. The summed E-state index contributed by atoms with van der Waals surface area (Å²) in [6.45, 7) is 0.364. The van der Waals surface area contributed by atoms with Gasteiger partial charge < -0.3 is 9.47 Å². The summed E-state index contributed by atoms with van der Waals surface area (Å²) in [5.74, 6) is -3.27. The molecular formula is C36H33ClNO6P. The SMILES string of the molecule is CCOC(=O)C(C1=C[C@H](C(=O)OCC)[C@H](c2ccc(Cl)cc2)[C@H]1[N+](=O)[O-])=P(c1ccccc1)(c1ccccc1)c1ccccc1. The molecule has 0 heterocycles. The van der Waals surface area contributed by atoms with Crippen LogP contribution in [0.4, 0.5) is 0 Å². The Kier molecular flexibility index (Phi) is 10.0. The third-order valence-electron chi connectivity index (χ3n) is 7.95. The lowest BCUT2D eigenvalue weighted by Crippen LogP contribution is -2.40. The van der Waals surface area contributed by atoms with Crippen LogP contribution in [0, 0.1) is 16.0 Å². The molecule has 0 radical (unpaired) electrons. The van der Waals surface area contributed by atoms with Gasteiger partial charge in [-0.2, -0.15) is 0 Å². The van der Waals surface area contributed by atoms with Gasteiger partial charge in [-0.3, -0.25) is 14.9 Å². The Morgan fingerprint density at radius 1 is 0.756 bits per heavy atom. The van der Waals surface area contributed by atoms with Crippen molar-refractivity contribution in [2.24, 2.45) is 5.92 Å². The van der Waals surface area contributed by atoms with Crippen molar-refractivity contribution in [1.29, 1.82) is 0 Å². The smallest absolute Gasteiger partial charge is 0.339 e. The zero-order chi connectivity index (χ0) is 32.0. The van der Waals surface area contributed by atoms with E-state index >= 15 is 0 Å². The van der Waals surface area contributed by atoms with Crippen LogP contribution in [0.2, 0.25) is 5.02 Å². The molecule has 0 saturated heterocycles. The van der Waals surface area contributed by atoms with E-state index in [9.17, 15) is 19.7 Å². The fourth-order valence-electron chi connectivity index (χ4n) is 6.21. The molecule has 0 bridgehead atoms. The molecule has 4 aromatic carbocycles. The molecule has 0 amide bonds. The fourth-order valence-corrected chi connectivity index (χ4v) is 10.8. The lowest BCUT2D eigenvalue weighted by Gasteiger charge is -2.33. The van der Waals surface area contributed by atoms with Gasteiger partial charge in [-0.05, 0) is 54.3 Å². The Bertz CT molecular complexity index is 1650. The second kappa shape index (κ2) is 14.1. The van der Waals surface area contributed by atoms with E-state index in [-0.39, 0.29) is 24.1 Å². The van der Waals surface area contributed by atoms with Gasteiger partial charge in [0.05, 0.1) is 30.3 Å². The molecule has 0 aliphatic heterocycles. The molecule has 0 aromatic heterocycles. The molecule has 1 aliphatic carbocycles. The highest BCUT2D eigenvalue weighted by atomic mass is 35.5. The van der Waals surface area contributed by atoms with Crippen LogP contribution in [-0.2, 0) is 19.1 Å². The Labute approximate surface area is 267 Å². The van der Waals surface area contributed by atoms with Crippen molar-refractivity contribution in [2.75, 3.05) is 13.2 Å². The molecule has 0 spiro atoms. The summed E-state index contributed by atoms with van der Waals surface area (Å²) >= 11 is 6.19. The number of benzene rings is 4. The lowest BCUT2D eigenvalue weighted by molar-refractivity contribution is -0.514. The maximum atomic E-state index is 14.5. The highest BCUT2D eigenvalue weighted by Gasteiger charge is 2.53. The Balaban J connectivity index is 1.99. The number of carbonyl (C=O) groups excluding carboxylic acids is 2. The Morgan fingerprint density at radius 2 is 1.22 bits per heavy atom. The van der Waals surface area contributed by atoms with Crippen molar-refractivity contribution in [3.63, 3.8) is 0 Å². The zero-order valence-corrected chi connectivity index (χ0v) is 26.6. The molecule has 7 nitrogen and oxygen atoms in total. The van der Waals surface area contributed by atoms with E-state index in [1.807, 2.05) is 91.0 Å². The first-order valence-corrected chi connectivity index (χ1v) is 16.9. The second-order valence-electron chi connectivity index (χ2n) is 10.5. The van der Waals surface area contributed by atoms with E-state index in [2.05, 4.69) is 0 Å². The largest absolute Gasteiger partial charge is 0.466 e. The van der Waals surface area contributed by atoms with Crippen LogP contribution in [0.1, 0.15) is 25.3 Å². The molecule has 4 aromatic rings. The van der Waals surface area contributed by atoms with Crippen LogP contribution < -0.4 is 15.9 Å². The molecule has 230 valence electrons. The van der Waals surface area contributed by atoms with E-state index in [1.54, 1.807) is 44.2 Å². The number of hydrogen-bond donors (Lipinski definition) is 0. The normalized spacial score (nSPS) is 17.7. The van der Waals surface area contributed by atoms with Crippen LogP contribution in [-0.4, -0.2) is 41.4 Å². The van der Waals surface area contributed by atoms with Crippen LogP contribution in [0.5, 0.6) is 0 Å². The predicted octanol–water partition coefficient (Wildman–Crippen LogP) is 5.92. The van der Waals surface area contributed by atoms with E-state index < -0.39 is 41.6 Å². The highest BCUT2D eigenvalue weighted by Crippen LogP contribution is 2.52. The standard InChI is InChI=1S/C36H33ClNO6P/c1-3-43-35(39)30-24-31(33(38(41)42)32(30)25-20-22-26(37)23-21-25)34(36(40)44-4-2)45(27-14-8-5-9-15-27,28-16-10-6-11-17-28)29-18-12-7-13-19-29/h5-24,30,32-33H,3-4H2,1-2H3/t30-,32-,33-/m0/s1.